The maximum absolute atomic E-state index is 14.0. The van der Waals surface area contributed by atoms with Crippen LogP contribution in [0.15, 0.2) is 115 Å². The maximum atomic E-state index is 14.0. The van der Waals surface area contributed by atoms with Gasteiger partial charge in [-0.3, -0.25) is 4.98 Å². The van der Waals surface area contributed by atoms with E-state index in [1.165, 1.54) is 22.4 Å². The number of nitrogens with zero attached hydrogens (tertiary/aromatic N) is 3. The van der Waals surface area contributed by atoms with E-state index in [-0.39, 0.29) is 31.3 Å². The summed E-state index contributed by atoms with van der Waals surface area (Å²) in [5.74, 6) is 1.29. The van der Waals surface area contributed by atoms with E-state index in [0.29, 0.717) is 5.92 Å². The first-order valence-electron chi connectivity index (χ1n) is 18.4. The van der Waals surface area contributed by atoms with Crippen LogP contribution in [0.1, 0.15) is 45.7 Å². The molecule has 8 rings (SSSR count). The molecule has 1 radical (unpaired) electrons. The predicted molar refractivity (Wildman–Crippen MR) is 227 cm³/mol. The van der Waals surface area contributed by atoms with Gasteiger partial charge in [-0.1, -0.05) is 101 Å². The van der Waals surface area contributed by atoms with E-state index in [1.807, 2.05) is 54.6 Å². The van der Waals surface area contributed by atoms with Crippen molar-refractivity contribution in [1.29, 1.82) is 0 Å². The fourth-order valence-corrected chi connectivity index (χ4v) is 9.69. The third kappa shape index (κ3) is 8.20. The number of pyridine rings is 1. The van der Waals surface area contributed by atoms with Crippen LogP contribution in [0.2, 0.25) is 19.6 Å². The summed E-state index contributed by atoms with van der Waals surface area (Å²) in [6, 6.07) is 42.9. The molecule has 7 heteroatoms. The van der Waals surface area contributed by atoms with Gasteiger partial charge < -0.3 is 9.55 Å². The number of para-hydroxylation sites is 2. The van der Waals surface area contributed by atoms with Gasteiger partial charge in [0.2, 0.25) is 0 Å². The summed E-state index contributed by atoms with van der Waals surface area (Å²) >= 11 is 1.66. The zero-order chi connectivity index (χ0) is 37.5. The van der Waals surface area contributed by atoms with Gasteiger partial charge in [-0.2, -0.15) is 11.3 Å². The fourth-order valence-electron chi connectivity index (χ4n) is 6.93. The molecule has 3 nitrogen and oxygen atoms in total. The number of aromatic nitrogens is 3. The molecule has 0 bridgehead atoms. The van der Waals surface area contributed by atoms with Crippen LogP contribution in [0, 0.1) is 23.9 Å². The normalized spacial score (nSPS) is 11.9. The van der Waals surface area contributed by atoms with Crippen molar-refractivity contribution in [1.82, 2.24) is 14.5 Å². The number of hydrogen-bond donors (Lipinski definition) is 0. The van der Waals surface area contributed by atoms with Gasteiger partial charge >= 0.3 is 0 Å². The second-order valence-corrected chi connectivity index (χ2v) is 22.3. The summed E-state index contributed by atoms with van der Waals surface area (Å²) < 4.78 is 18.3. The Morgan fingerprint density at radius 2 is 1.57 bits per heavy atom. The Hall–Kier alpha value is -4.26. The van der Waals surface area contributed by atoms with Crippen LogP contribution in [0.3, 0.4) is 0 Å². The zero-order valence-electron chi connectivity index (χ0n) is 32.2. The molecular weight excluding hydrogens is 878 g/mol. The van der Waals surface area contributed by atoms with Gasteiger partial charge in [0.15, 0.2) is 0 Å². The van der Waals surface area contributed by atoms with Gasteiger partial charge in [0.05, 0.1) is 24.9 Å². The van der Waals surface area contributed by atoms with E-state index in [0.717, 1.165) is 66.0 Å². The van der Waals surface area contributed by atoms with E-state index in [4.69, 9.17) is 4.98 Å². The van der Waals surface area contributed by atoms with E-state index >= 15 is 0 Å². The molecule has 0 fully saturated rings. The molecule has 0 aliphatic heterocycles. The van der Waals surface area contributed by atoms with Gasteiger partial charge in [-0.15, -0.1) is 54.1 Å². The summed E-state index contributed by atoms with van der Waals surface area (Å²) in [4.78, 5) is 9.72. The smallest absolute Gasteiger partial charge is 0.123 e. The molecule has 0 amide bonds. The molecule has 0 saturated heterocycles. The Morgan fingerprint density at radius 3 is 2.26 bits per heavy atom. The Kier molecular flexibility index (Phi) is 11.6. The van der Waals surface area contributed by atoms with Crippen LogP contribution in [0.4, 0.5) is 4.39 Å². The van der Waals surface area contributed by atoms with Crippen molar-refractivity contribution in [3.05, 3.63) is 144 Å². The van der Waals surface area contributed by atoms with Crippen LogP contribution in [0.5, 0.6) is 0 Å². The van der Waals surface area contributed by atoms with E-state index in [2.05, 4.69) is 125 Å². The molecule has 3 aromatic heterocycles. The van der Waals surface area contributed by atoms with Gasteiger partial charge in [0.25, 0.3) is 0 Å². The Morgan fingerprint density at radius 1 is 0.833 bits per heavy atom. The molecule has 0 atom stereocenters. The van der Waals surface area contributed by atoms with Crippen molar-refractivity contribution >= 4 is 55.8 Å². The largest absolute Gasteiger partial charge is 0.333 e. The molecule has 277 valence electrons. The number of hydrogen-bond acceptors (Lipinski definition) is 3. The molecular formula is C47H46FIrN3SSi-2. The van der Waals surface area contributed by atoms with E-state index in [9.17, 15) is 4.39 Å². The zero-order valence-corrected chi connectivity index (χ0v) is 36.4. The Labute approximate surface area is 337 Å². The third-order valence-electron chi connectivity index (χ3n) is 9.58. The quantitative estimate of drug-likeness (QED) is 0.123. The number of benzene rings is 5. The van der Waals surface area contributed by atoms with Crippen LogP contribution < -0.4 is 5.19 Å². The molecule has 0 aliphatic rings. The van der Waals surface area contributed by atoms with Crippen LogP contribution in [-0.4, -0.2) is 22.6 Å². The van der Waals surface area contributed by atoms with Crippen LogP contribution >= 0.6 is 11.3 Å². The molecule has 0 N–H and O–H groups in total. The second-order valence-electron chi connectivity index (χ2n) is 16.2. The first-order valence-corrected chi connectivity index (χ1v) is 22.7. The third-order valence-corrected chi connectivity index (χ3v) is 12.9. The monoisotopic (exact) mass is 924 g/mol. The number of imidazole rings is 1. The molecule has 0 spiro atoms. The summed E-state index contributed by atoms with van der Waals surface area (Å²) in [6.07, 6.45) is 3.24. The number of thiophene rings is 1. The van der Waals surface area contributed by atoms with Crippen molar-refractivity contribution in [3.8, 4) is 28.3 Å². The summed E-state index contributed by atoms with van der Waals surface area (Å²) in [5.41, 5.74) is 8.96. The van der Waals surface area contributed by atoms with Crippen LogP contribution in [-0.2, 0) is 31.9 Å². The topological polar surface area (TPSA) is 30.7 Å². The average Bonchev–Trinajstić information content (AvgIpc) is 3.70. The van der Waals surface area contributed by atoms with Crippen molar-refractivity contribution < 1.29 is 24.5 Å². The fraction of sp³-hybridized carbons (Fsp3) is 0.234. The van der Waals surface area contributed by atoms with Gasteiger partial charge in [-0.05, 0) is 86.7 Å². The minimum atomic E-state index is -1.34. The minimum absolute atomic E-state index is 0. The molecule has 3 heterocycles. The van der Waals surface area contributed by atoms with Gasteiger partial charge in [-0.25, -0.2) is 4.39 Å². The Bertz CT molecular complexity index is 2540. The molecule has 54 heavy (non-hydrogen) atoms. The summed E-state index contributed by atoms with van der Waals surface area (Å²) in [7, 11) is -1.34. The maximum Gasteiger partial charge on any atom is 0.123 e. The molecule has 0 saturated carbocycles. The standard InChI is InChI=1S/C29H22FN2S.C18H24NSi.Ir/c1-29(2,3)18-11-14-20(15-12-18)32-25-10-5-4-9-24(25)31-28(32)22-8-6-7-21-23-17-19(30)13-16-26(23)33-27(21)22;1-14(2)11-16-12-17(15-9-7-6-8-10-15)19-13-18(16)20(3,4)5;/h4-7,9-17H,1-3H3;6-9,12-14H,11H2,1-5H3;/q2*-1;. The molecule has 5 aromatic carbocycles. The SMILES string of the molecule is CC(C)(C)c1ccc(-n2c(-c3[c-]ccc4c3sc3ccc(F)cc34)nc3ccccc32)cc1.CC(C)Cc1cc(-c2[c-]cccc2)ncc1[Si](C)(C)C.[Ir]. The van der Waals surface area contributed by atoms with Crippen molar-refractivity contribution in [3.63, 3.8) is 0 Å². The predicted octanol–water partition coefficient (Wildman–Crippen LogP) is 12.6. The number of rotatable bonds is 6. The van der Waals surface area contributed by atoms with Gasteiger partial charge in [0.1, 0.15) is 5.82 Å². The molecule has 0 aliphatic carbocycles. The second kappa shape index (κ2) is 15.8. The van der Waals surface area contributed by atoms with Crippen molar-refractivity contribution in [2.45, 2.75) is 66.1 Å². The minimum Gasteiger partial charge on any atom is -0.333 e. The summed E-state index contributed by atoms with van der Waals surface area (Å²) in [5, 5.41) is 3.46. The molecule has 0 unspecified atom stereocenters. The number of halogens is 1. The first kappa shape index (κ1) is 39.4. The van der Waals surface area contributed by atoms with Crippen molar-refractivity contribution in [2.24, 2.45) is 5.92 Å². The number of fused-ring (bicyclic) bond motifs is 4. The first-order chi connectivity index (χ1) is 25.3. The van der Waals surface area contributed by atoms with E-state index in [1.54, 1.807) is 17.4 Å². The molecule has 8 aromatic rings. The Balaban J connectivity index is 0.000000205. The summed E-state index contributed by atoms with van der Waals surface area (Å²) in [6.45, 7) is 18.4. The van der Waals surface area contributed by atoms with Crippen molar-refractivity contribution in [2.75, 3.05) is 0 Å². The van der Waals surface area contributed by atoms with Crippen LogP contribution in [0.25, 0.3) is 59.5 Å². The van der Waals surface area contributed by atoms with E-state index < -0.39 is 8.07 Å². The van der Waals surface area contributed by atoms with Gasteiger partial charge in [0, 0.05) is 36.7 Å². The average molecular weight is 924 g/mol.